The van der Waals surface area contributed by atoms with E-state index in [9.17, 15) is 9.59 Å². The molecule has 0 unspecified atom stereocenters. The average Bonchev–Trinajstić information content (AvgIpc) is 2.42. The number of hydrogen-bond acceptors (Lipinski definition) is 4. The van der Waals surface area contributed by atoms with Crippen molar-refractivity contribution < 1.29 is 9.59 Å². The summed E-state index contributed by atoms with van der Waals surface area (Å²) in [4.78, 5) is 23.5. The maximum atomic E-state index is 12.0. The first-order valence-electron chi connectivity index (χ1n) is 6.56. The van der Waals surface area contributed by atoms with Crippen molar-refractivity contribution >= 4 is 17.5 Å². The smallest absolute Gasteiger partial charge is 0.253 e. The summed E-state index contributed by atoms with van der Waals surface area (Å²) in [5.74, 6) is 5.22. The third-order valence-electron chi connectivity index (χ3n) is 2.69. The van der Waals surface area contributed by atoms with Crippen LogP contribution in [0.4, 0.5) is 5.69 Å². The van der Waals surface area contributed by atoms with Crippen LogP contribution in [0.15, 0.2) is 18.2 Å². The average molecular weight is 278 g/mol. The Balaban J connectivity index is 2.57. The Morgan fingerprint density at radius 2 is 1.95 bits per heavy atom. The summed E-state index contributed by atoms with van der Waals surface area (Å²) in [6, 6.07) is 5.26. The van der Waals surface area contributed by atoms with Crippen molar-refractivity contribution in [2.75, 3.05) is 18.5 Å². The molecule has 1 rings (SSSR count). The zero-order valence-electron chi connectivity index (χ0n) is 12.1. The molecule has 0 aliphatic heterocycles. The maximum absolute atomic E-state index is 12.0. The topological polar surface area (TPSA) is 96.2 Å². The molecule has 0 heterocycles. The summed E-state index contributed by atoms with van der Waals surface area (Å²) in [6.45, 7) is 6.45. The molecular formula is C14H22N4O2. The highest BCUT2D eigenvalue weighted by Gasteiger charge is 2.12. The SMILES string of the molecule is Cc1ccc(C(=O)NCC(=O)NCC(C)C)c(NN)c1. The van der Waals surface area contributed by atoms with Crippen molar-refractivity contribution in [1.29, 1.82) is 0 Å². The van der Waals surface area contributed by atoms with Gasteiger partial charge in [-0.15, -0.1) is 0 Å². The van der Waals surface area contributed by atoms with Crippen LogP contribution < -0.4 is 21.9 Å². The number of benzene rings is 1. The Labute approximate surface area is 119 Å². The number of aryl methyl sites for hydroxylation is 1. The Bertz CT molecular complexity index is 486. The molecule has 110 valence electrons. The number of hydrazine groups is 1. The molecule has 0 atom stereocenters. The predicted octanol–water partition coefficient (Wildman–Crippen LogP) is 0.783. The molecule has 5 N–H and O–H groups in total. The van der Waals surface area contributed by atoms with Gasteiger partial charge in [0.05, 0.1) is 17.8 Å². The van der Waals surface area contributed by atoms with E-state index in [-0.39, 0.29) is 18.4 Å². The van der Waals surface area contributed by atoms with Crippen molar-refractivity contribution in [2.45, 2.75) is 20.8 Å². The van der Waals surface area contributed by atoms with E-state index in [1.54, 1.807) is 12.1 Å². The van der Waals surface area contributed by atoms with E-state index in [1.807, 2.05) is 26.8 Å². The Morgan fingerprint density at radius 1 is 1.25 bits per heavy atom. The maximum Gasteiger partial charge on any atom is 0.253 e. The van der Waals surface area contributed by atoms with Crippen LogP contribution in [-0.4, -0.2) is 24.9 Å². The summed E-state index contributed by atoms with van der Waals surface area (Å²) < 4.78 is 0. The van der Waals surface area contributed by atoms with E-state index in [0.29, 0.717) is 23.7 Å². The van der Waals surface area contributed by atoms with E-state index in [1.165, 1.54) is 0 Å². The van der Waals surface area contributed by atoms with Crippen LogP contribution in [-0.2, 0) is 4.79 Å². The second kappa shape index (κ2) is 7.49. The Kier molecular flexibility index (Phi) is 5.99. The number of hydrogen-bond donors (Lipinski definition) is 4. The third kappa shape index (κ3) is 4.89. The van der Waals surface area contributed by atoms with E-state index in [2.05, 4.69) is 16.1 Å². The zero-order chi connectivity index (χ0) is 15.1. The fraction of sp³-hybridized carbons (Fsp3) is 0.429. The van der Waals surface area contributed by atoms with Crippen molar-refractivity contribution in [3.8, 4) is 0 Å². The molecule has 0 spiro atoms. The standard InChI is InChI=1S/C14H22N4O2/c1-9(2)7-16-13(19)8-17-14(20)11-5-4-10(3)6-12(11)18-15/h4-6,9,18H,7-8,15H2,1-3H3,(H,16,19)(H,17,20). The minimum Gasteiger partial charge on any atom is -0.354 e. The number of rotatable bonds is 6. The Morgan fingerprint density at radius 3 is 2.55 bits per heavy atom. The molecule has 20 heavy (non-hydrogen) atoms. The van der Waals surface area contributed by atoms with Gasteiger partial charge in [0.25, 0.3) is 5.91 Å². The van der Waals surface area contributed by atoms with Crippen LogP contribution in [0, 0.1) is 12.8 Å². The highest BCUT2D eigenvalue weighted by molar-refractivity contribution is 6.01. The van der Waals surface area contributed by atoms with Gasteiger partial charge in [-0.3, -0.25) is 15.4 Å². The molecule has 1 aromatic carbocycles. The molecular weight excluding hydrogens is 256 g/mol. The molecule has 0 saturated heterocycles. The molecule has 2 amide bonds. The number of anilines is 1. The van der Waals surface area contributed by atoms with Crippen LogP contribution in [0.5, 0.6) is 0 Å². The number of carbonyl (C=O) groups excluding carboxylic acids is 2. The van der Waals surface area contributed by atoms with Crippen molar-refractivity contribution in [1.82, 2.24) is 10.6 Å². The van der Waals surface area contributed by atoms with Gasteiger partial charge < -0.3 is 16.1 Å². The first-order chi connectivity index (χ1) is 9.43. The summed E-state index contributed by atoms with van der Waals surface area (Å²) in [7, 11) is 0. The zero-order valence-corrected chi connectivity index (χ0v) is 12.1. The molecule has 6 heteroatoms. The Hall–Kier alpha value is -2.08. The van der Waals surface area contributed by atoms with Crippen molar-refractivity contribution in [3.05, 3.63) is 29.3 Å². The highest BCUT2D eigenvalue weighted by atomic mass is 16.2. The quantitative estimate of drug-likeness (QED) is 0.457. The van der Waals surface area contributed by atoms with Crippen LogP contribution in [0.2, 0.25) is 0 Å². The lowest BCUT2D eigenvalue weighted by atomic mass is 10.1. The number of amides is 2. The number of nitrogens with two attached hydrogens (primary N) is 1. The molecule has 0 saturated carbocycles. The lowest BCUT2D eigenvalue weighted by molar-refractivity contribution is -0.120. The molecule has 6 nitrogen and oxygen atoms in total. The third-order valence-corrected chi connectivity index (χ3v) is 2.69. The molecule has 0 radical (unpaired) electrons. The summed E-state index contributed by atoms with van der Waals surface area (Å²) >= 11 is 0. The molecule has 1 aromatic rings. The van der Waals surface area contributed by atoms with Gasteiger partial charge in [0.15, 0.2) is 0 Å². The highest BCUT2D eigenvalue weighted by Crippen LogP contribution is 2.16. The van der Waals surface area contributed by atoms with Gasteiger partial charge in [0.1, 0.15) is 0 Å². The fourth-order valence-electron chi connectivity index (χ4n) is 1.61. The minimum absolute atomic E-state index is 0.0521. The molecule has 0 aliphatic carbocycles. The van der Waals surface area contributed by atoms with E-state index >= 15 is 0 Å². The van der Waals surface area contributed by atoms with Gasteiger partial charge in [0.2, 0.25) is 5.91 Å². The fourth-order valence-corrected chi connectivity index (χ4v) is 1.61. The monoisotopic (exact) mass is 278 g/mol. The lowest BCUT2D eigenvalue weighted by Gasteiger charge is -2.11. The first kappa shape index (κ1) is 16.0. The minimum atomic E-state index is -0.336. The van der Waals surface area contributed by atoms with Gasteiger partial charge in [-0.1, -0.05) is 19.9 Å². The largest absolute Gasteiger partial charge is 0.354 e. The van der Waals surface area contributed by atoms with E-state index in [4.69, 9.17) is 5.84 Å². The van der Waals surface area contributed by atoms with Gasteiger partial charge in [0, 0.05) is 6.54 Å². The predicted molar refractivity (Wildman–Crippen MR) is 79.2 cm³/mol. The van der Waals surface area contributed by atoms with Gasteiger partial charge >= 0.3 is 0 Å². The number of carbonyl (C=O) groups is 2. The van der Waals surface area contributed by atoms with Crippen LogP contribution in [0.1, 0.15) is 29.8 Å². The summed E-state index contributed by atoms with van der Waals surface area (Å²) in [5, 5.41) is 5.30. The summed E-state index contributed by atoms with van der Waals surface area (Å²) in [6.07, 6.45) is 0. The van der Waals surface area contributed by atoms with Crippen molar-refractivity contribution in [3.63, 3.8) is 0 Å². The molecule has 0 fully saturated rings. The normalized spacial score (nSPS) is 10.2. The van der Waals surface area contributed by atoms with Gasteiger partial charge in [-0.05, 0) is 30.5 Å². The van der Waals surface area contributed by atoms with E-state index < -0.39 is 0 Å². The number of nitrogen functional groups attached to an aromatic ring is 1. The lowest BCUT2D eigenvalue weighted by Crippen LogP contribution is -2.38. The molecule has 0 aliphatic rings. The molecule has 0 bridgehead atoms. The van der Waals surface area contributed by atoms with Crippen LogP contribution >= 0.6 is 0 Å². The number of nitrogens with one attached hydrogen (secondary N) is 3. The second-order valence-corrected chi connectivity index (χ2v) is 5.07. The van der Waals surface area contributed by atoms with Crippen LogP contribution in [0.25, 0.3) is 0 Å². The summed E-state index contributed by atoms with van der Waals surface area (Å²) in [5.41, 5.74) is 4.42. The van der Waals surface area contributed by atoms with E-state index in [0.717, 1.165) is 5.56 Å². The van der Waals surface area contributed by atoms with Gasteiger partial charge in [-0.2, -0.15) is 0 Å². The van der Waals surface area contributed by atoms with Crippen molar-refractivity contribution in [2.24, 2.45) is 11.8 Å². The first-order valence-corrected chi connectivity index (χ1v) is 6.56. The van der Waals surface area contributed by atoms with Gasteiger partial charge in [-0.25, -0.2) is 0 Å². The van der Waals surface area contributed by atoms with Crippen LogP contribution in [0.3, 0.4) is 0 Å². The second-order valence-electron chi connectivity index (χ2n) is 5.07. The molecule has 0 aromatic heterocycles.